The van der Waals surface area contributed by atoms with Gasteiger partial charge >= 0.3 is 0 Å². The molecule has 0 bridgehead atoms. The van der Waals surface area contributed by atoms with Crippen molar-refractivity contribution in [3.63, 3.8) is 0 Å². The summed E-state index contributed by atoms with van der Waals surface area (Å²) in [6.45, 7) is 9.99. The van der Waals surface area contributed by atoms with Gasteiger partial charge in [-0.25, -0.2) is 4.57 Å². The highest BCUT2D eigenvalue weighted by Gasteiger charge is 2.16. The van der Waals surface area contributed by atoms with Gasteiger partial charge in [-0.1, -0.05) is 27.7 Å². The fourth-order valence-corrected chi connectivity index (χ4v) is 1.55. The van der Waals surface area contributed by atoms with Crippen LogP contribution in [0.2, 0.25) is 0 Å². The first-order chi connectivity index (χ1) is 8.49. The van der Waals surface area contributed by atoms with Gasteiger partial charge in [0.1, 0.15) is 7.05 Å². The lowest BCUT2D eigenvalue weighted by Crippen LogP contribution is -3.00. The molecule has 19 heavy (non-hydrogen) atoms. The minimum Gasteiger partial charge on any atom is -1.00 e. The fraction of sp³-hybridized carbons (Fsp3) is 0.667. The number of pyridine rings is 1. The van der Waals surface area contributed by atoms with E-state index in [4.69, 9.17) is 9.47 Å². The average Bonchev–Trinajstić information content (AvgIpc) is 2.28. The fourth-order valence-electron chi connectivity index (χ4n) is 1.55. The van der Waals surface area contributed by atoms with Crippen molar-refractivity contribution in [3.8, 4) is 0 Å². The SMILES string of the molecule is CC(C)COC(OCC(C)C)c1ccc[n+](C)c1.[I-]. The maximum Gasteiger partial charge on any atom is 0.189 e. The summed E-state index contributed by atoms with van der Waals surface area (Å²) < 4.78 is 13.7. The molecule has 0 fully saturated rings. The van der Waals surface area contributed by atoms with Crippen molar-refractivity contribution in [1.82, 2.24) is 0 Å². The number of nitrogens with zero attached hydrogens (tertiary/aromatic N) is 1. The monoisotopic (exact) mass is 379 g/mol. The molecule has 0 saturated carbocycles. The van der Waals surface area contributed by atoms with Crippen LogP contribution in [0.25, 0.3) is 0 Å². The first kappa shape index (κ1) is 18.8. The molecule has 110 valence electrons. The molecular weight excluding hydrogens is 353 g/mol. The van der Waals surface area contributed by atoms with Gasteiger partial charge in [-0.05, 0) is 17.9 Å². The van der Waals surface area contributed by atoms with Gasteiger partial charge < -0.3 is 33.5 Å². The highest BCUT2D eigenvalue weighted by atomic mass is 127. The third-order valence-electron chi connectivity index (χ3n) is 2.40. The van der Waals surface area contributed by atoms with Crippen molar-refractivity contribution in [3.05, 3.63) is 30.1 Å². The molecule has 0 radical (unpaired) electrons. The number of halogens is 1. The molecule has 0 aromatic carbocycles. The summed E-state index contributed by atoms with van der Waals surface area (Å²) in [5.41, 5.74) is 1.07. The Morgan fingerprint density at radius 1 is 1.05 bits per heavy atom. The maximum absolute atomic E-state index is 5.86. The second-order valence-corrected chi connectivity index (χ2v) is 5.59. The van der Waals surface area contributed by atoms with Crippen LogP contribution in [0.3, 0.4) is 0 Å². The van der Waals surface area contributed by atoms with Gasteiger partial charge in [-0.3, -0.25) is 0 Å². The topological polar surface area (TPSA) is 22.3 Å². The summed E-state index contributed by atoms with van der Waals surface area (Å²) >= 11 is 0. The molecule has 0 aliphatic heterocycles. The number of aromatic nitrogens is 1. The number of aryl methyl sites for hydroxylation is 1. The lowest BCUT2D eigenvalue weighted by molar-refractivity contribution is -0.672. The van der Waals surface area contributed by atoms with Crippen molar-refractivity contribution in [2.45, 2.75) is 34.0 Å². The van der Waals surface area contributed by atoms with Crippen molar-refractivity contribution >= 4 is 0 Å². The Kier molecular flexibility index (Phi) is 9.56. The highest BCUT2D eigenvalue weighted by Crippen LogP contribution is 2.19. The van der Waals surface area contributed by atoms with Gasteiger partial charge in [0.25, 0.3) is 0 Å². The molecule has 0 amide bonds. The zero-order valence-electron chi connectivity index (χ0n) is 12.6. The Bertz CT molecular complexity index is 344. The minimum atomic E-state index is -0.262. The van der Waals surface area contributed by atoms with Crippen molar-refractivity contribution in [2.24, 2.45) is 18.9 Å². The molecule has 0 unspecified atom stereocenters. The number of rotatable bonds is 7. The lowest BCUT2D eigenvalue weighted by atomic mass is 10.2. The lowest BCUT2D eigenvalue weighted by Gasteiger charge is -2.20. The van der Waals surface area contributed by atoms with E-state index in [1.54, 1.807) is 0 Å². The molecular formula is C15H26INO2. The normalized spacial score (nSPS) is 11.2. The Hall–Kier alpha value is -0.200. The zero-order valence-corrected chi connectivity index (χ0v) is 14.8. The van der Waals surface area contributed by atoms with Crippen molar-refractivity contribution in [1.29, 1.82) is 0 Å². The molecule has 4 heteroatoms. The van der Waals surface area contributed by atoms with E-state index in [0.717, 1.165) is 5.56 Å². The van der Waals surface area contributed by atoms with Crippen LogP contribution < -0.4 is 28.5 Å². The molecule has 0 spiro atoms. The van der Waals surface area contributed by atoms with Crippen LogP contribution in [0.1, 0.15) is 39.5 Å². The van der Waals surface area contributed by atoms with E-state index in [2.05, 4.69) is 27.7 Å². The highest BCUT2D eigenvalue weighted by molar-refractivity contribution is 5.07. The molecule has 3 nitrogen and oxygen atoms in total. The van der Waals surface area contributed by atoms with Crippen LogP contribution in [0.4, 0.5) is 0 Å². The van der Waals surface area contributed by atoms with Crippen LogP contribution >= 0.6 is 0 Å². The Morgan fingerprint density at radius 3 is 2.00 bits per heavy atom. The van der Waals surface area contributed by atoms with Gasteiger partial charge in [0.2, 0.25) is 0 Å². The Labute approximate surface area is 134 Å². The Balaban J connectivity index is 0.00000324. The van der Waals surface area contributed by atoms with Gasteiger partial charge in [0.15, 0.2) is 18.7 Å². The Morgan fingerprint density at radius 2 is 1.58 bits per heavy atom. The van der Waals surface area contributed by atoms with Crippen molar-refractivity contribution in [2.75, 3.05) is 13.2 Å². The first-order valence-corrected chi connectivity index (χ1v) is 6.67. The average molecular weight is 379 g/mol. The number of hydrogen-bond donors (Lipinski definition) is 0. The van der Waals surface area contributed by atoms with Crippen LogP contribution in [0, 0.1) is 11.8 Å². The summed E-state index contributed by atoms with van der Waals surface area (Å²) in [7, 11) is 2.01. The molecule has 1 heterocycles. The van der Waals surface area contributed by atoms with E-state index in [9.17, 15) is 0 Å². The molecule has 1 aromatic heterocycles. The summed E-state index contributed by atoms with van der Waals surface area (Å²) in [5, 5.41) is 0. The summed E-state index contributed by atoms with van der Waals surface area (Å²) in [4.78, 5) is 0. The molecule has 1 rings (SSSR count). The second-order valence-electron chi connectivity index (χ2n) is 5.59. The van der Waals surface area contributed by atoms with Gasteiger partial charge in [0.05, 0.1) is 18.8 Å². The van der Waals surface area contributed by atoms with E-state index in [1.807, 2.05) is 36.1 Å². The largest absolute Gasteiger partial charge is 1.00 e. The maximum atomic E-state index is 5.86. The molecule has 0 aliphatic carbocycles. The van der Waals surface area contributed by atoms with Crippen LogP contribution in [-0.2, 0) is 16.5 Å². The smallest absolute Gasteiger partial charge is 0.189 e. The predicted octanol–water partition coefficient (Wildman–Crippen LogP) is -0.141. The van der Waals surface area contributed by atoms with E-state index in [-0.39, 0.29) is 30.3 Å². The predicted molar refractivity (Wildman–Crippen MR) is 71.9 cm³/mol. The summed E-state index contributed by atoms with van der Waals surface area (Å²) in [5.74, 6) is 1.01. The molecule has 0 N–H and O–H groups in total. The van der Waals surface area contributed by atoms with Gasteiger partial charge in [-0.2, -0.15) is 0 Å². The van der Waals surface area contributed by atoms with E-state index in [0.29, 0.717) is 25.0 Å². The van der Waals surface area contributed by atoms with E-state index in [1.165, 1.54) is 0 Å². The molecule has 0 aliphatic rings. The summed E-state index contributed by atoms with van der Waals surface area (Å²) in [6.07, 6.45) is 3.79. The summed E-state index contributed by atoms with van der Waals surface area (Å²) in [6, 6.07) is 4.06. The molecule has 0 atom stereocenters. The molecule has 1 aromatic rings. The minimum absolute atomic E-state index is 0. The number of hydrogen-bond acceptors (Lipinski definition) is 2. The second kappa shape index (κ2) is 9.66. The van der Waals surface area contributed by atoms with E-state index < -0.39 is 0 Å². The van der Waals surface area contributed by atoms with Crippen LogP contribution in [0.5, 0.6) is 0 Å². The van der Waals surface area contributed by atoms with E-state index >= 15 is 0 Å². The quantitative estimate of drug-likeness (QED) is 0.374. The van der Waals surface area contributed by atoms with Crippen LogP contribution in [0.15, 0.2) is 24.5 Å². The standard InChI is InChI=1S/C15H26NO2.HI/c1-12(2)10-17-15(18-11-13(3)4)14-7-6-8-16(5)9-14;/h6-9,12-13,15H,10-11H2,1-5H3;1H/q+1;/p-1. The first-order valence-electron chi connectivity index (χ1n) is 6.67. The van der Waals surface area contributed by atoms with Crippen molar-refractivity contribution < 1.29 is 38.0 Å². The van der Waals surface area contributed by atoms with Gasteiger partial charge in [0, 0.05) is 6.07 Å². The third-order valence-corrected chi connectivity index (χ3v) is 2.40. The van der Waals surface area contributed by atoms with Gasteiger partial charge in [-0.15, -0.1) is 0 Å². The third kappa shape index (κ3) is 7.84. The molecule has 0 saturated heterocycles. The number of ether oxygens (including phenoxy) is 2. The van der Waals surface area contributed by atoms with Crippen LogP contribution in [-0.4, -0.2) is 13.2 Å². The zero-order chi connectivity index (χ0) is 13.5.